The fraction of sp³-hybridized carbons (Fsp3) is 0.381. The van der Waals surface area contributed by atoms with Crippen molar-refractivity contribution in [1.29, 1.82) is 0 Å². The normalized spacial score (nSPS) is 10.4. The van der Waals surface area contributed by atoms with Crippen LogP contribution in [0.2, 0.25) is 0 Å². The fourth-order valence-corrected chi connectivity index (χ4v) is 2.84. The number of aliphatic hydroxyl groups is 1. The number of nitrogens with zero attached hydrogens (tertiary/aromatic N) is 2. The summed E-state index contributed by atoms with van der Waals surface area (Å²) in [6.45, 7) is 0.592. The topological polar surface area (TPSA) is 102 Å². The van der Waals surface area contributed by atoms with Crippen molar-refractivity contribution in [3.8, 4) is 5.75 Å². The van der Waals surface area contributed by atoms with Crippen molar-refractivity contribution >= 4 is 11.8 Å². The van der Waals surface area contributed by atoms with Gasteiger partial charge in [-0.15, -0.1) is 0 Å². The molecule has 1 amide bonds. The van der Waals surface area contributed by atoms with Crippen LogP contribution in [0.4, 0.5) is 10.5 Å². The van der Waals surface area contributed by atoms with Crippen molar-refractivity contribution in [2.45, 2.75) is 32.4 Å². The highest BCUT2D eigenvalue weighted by molar-refractivity contribution is 5.68. The molecule has 0 fully saturated rings. The summed E-state index contributed by atoms with van der Waals surface area (Å²) in [4.78, 5) is 25.0. The second-order valence-corrected chi connectivity index (χ2v) is 6.50. The van der Waals surface area contributed by atoms with Gasteiger partial charge in [-0.05, 0) is 37.0 Å². The predicted octanol–water partition coefficient (Wildman–Crippen LogP) is 3.90. The molecule has 29 heavy (non-hydrogen) atoms. The van der Waals surface area contributed by atoms with Gasteiger partial charge in [-0.25, -0.2) is 4.79 Å². The summed E-state index contributed by atoms with van der Waals surface area (Å²) in [5.74, 6) is 0.475. The van der Waals surface area contributed by atoms with Gasteiger partial charge in [0.1, 0.15) is 12.4 Å². The van der Waals surface area contributed by atoms with Gasteiger partial charge < -0.3 is 19.5 Å². The Labute approximate surface area is 169 Å². The second-order valence-electron chi connectivity index (χ2n) is 6.50. The zero-order valence-corrected chi connectivity index (χ0v) is 16.5. The minimum atomic E-state index is -0.546. The van der Waals surface area contributed by atoms with Crippen LogP contribution in [-0.4, -0.2) is 41.3 Å². The lowest BCUT2D eigenvalue weighted by atomic mass is 10.1. The number of amides is 1. The third kappa shape index (κ3) is 7.08. The van der Waals surface area contributed by atoms with E-state index in [9.17, 15) is 14.9 Å². The first-order valence-electron chi connectivity index (χ1n) is 9.43. The molecular formula is C21H26N2O6. The third-order valence-corrected chi connectivity index (χ3v) is 4.39. The van der Waals surface area contributed by atoms with Gasteiger partial charge >= 0.3 is 6.09 Å². The van der Waals surface area contributed by atoms with E-state index in [2.05, 4.69) is 0 Å². The molecular weight excluding hydrogens is 376 g/mol. The molecule has 0 aromatic heterocycles. The molecule has 0 bridgehead atoms. The number of methoxy groups -OCH3 is 1. The van der Waals surface area contributed by atoms with E-state index in [-0.39, 0.29) is 25.4 Å². The van der Waals surface area contributed by atoms with E-state index >= 15 is 0 Å². The Balaban J connectivity index is 2.14. The number of rotatable bonds is 11. The molecule has 1 N–H and O–H groups in total. The van der Waals surface area contributed by atoms with E-state index < -0.39 is 11.0 Å². The van der Waals surface area contributed by atoms with Crippen LogP contribution in [0.15, 0.2) is 48.5 Å². The average molecular weight is 402 g/mol. The van der Waals surface area contributed by atoms with Crippen molar-refractivity contribution in [2.75, 3.05) is 20.3 Å². The maximum Gasteiger partial charge on any atom is 0.410 e. The Hall–Kier alpha value is -3.13. The van der Waals surface area contributed by atoms with Gasteiger partial charge in [0.25, 0.3) is 5.69 Å². The number of ether oxygens (including phenoxy) is 2. The van der Waals surface area contributed by atoms with E-state index in [1.807, 2.05) is 30.3 Å². The standard InChI is InChI=1S/C21H26N2O6/c1-28-19-10-11-20(23(26)27)18(14-19)15-22(12-6-3-7-13-24)21(25)29-16-17-8-4-2-5-9-17/h2,4-5,8-11,14,24H,3,6-7,12-13,15-16H2,1H3. The maximum atomic E-state index is 12.7. The molecule has 0 saturated carbocycles. The smallest absolute Gasteiger partial charge is 0.410 e. The summed E-state index contributed by atoms with van der Waals surface area (Å²) >= 11 is 0. The molecule has 0 saturated heterocycles. The number of carbonyl (C=O) groups excluding carboxylic acids is 1. The second kappa shape index (κ2) is 11.7. The van der Waals surface area contributed by atoms with E-state index in [1.165, 1.54) is 24.1 Å². The van der Waals surface area contributed by atoms with E-state index in [1.54, 1.807) is 6.07 Å². The van der Waals surface area contributed by atoms with Crippen LogP contribution in [0.3, 0.4) is 0 Å². The quantitative estimate of drug-likeness (QED) is 0.347. The number of unbranched alkanes of at least 4 members (excludes halogenated alkanes) is 2. The minimum Gasteiger partial charge on any atom is -0.497 e. The van der Waals surface area contributed by atoms with E-state index in [4.69, 9.17) is 14.6 Å². The summed E-state index contributed by atoms with van der Waals surface area (Å²) < 4.78 is 10.6. The van der Waals surface area contributed by atoms with E-state index in [0.29, 0.717) is 30.7 Å². The first kappa shape index (κ1) is 22.2. The number of nitro benzene ring substituents is 1. The molecule has 156 valence electrons. The van der Waals surface area contributed by atoms with Gasteiger partial charge in [-0.1, -0.05) is 30.3 Å². The number of hydrogen-bond donors (Lipinski definition) is 1. The van der Waals surface area contributed by atoms with Crippen LogP contribution >= 0.6 is 0 Å². The molecule has 0 heterocycles. The molecule has 0 aliphatic carbocycles. The molecule has 2 aromatic carbocycles. The van der Waals surface area contributed by atoms with Gasteiger partial charge in [0.2, 0.25) is 0 Å². The van der Waals surface area contributed by atoms with Gasteiger partial charge in [0, 0.05) is 19.2 Å². The van der Waals surface area contributed by atoms with Crippen molar-refractivity contribution in [1.82, 2.24) is 4.90 Å². The number of aliphatic hydroxyl groups excluding tert-OH is 1. The van der Waals surface area contributed by atoms with Crippen LogP contribution in [-0.2, 0) is 17.9 Å². The number of benzene rings is 2. The highest BCUT2D eigenvalue weighted by Gasteiger charge is 2.21. The molecule has 8 nitrogen and oxygen atoms in total. The predicted molar refractivity (Wildman–Crippen MR) is 108 cm³/mol. The highest BCUT2D eigenvalue weighted by Crippen LogP contribution is 2.26. The average Bonchev–Trinajstić information content (AvgIpc) is 2.74. The maximum absolute atomic E-state index is 12.7. The molecule has 2 rings (SSSR count). The fourth-order valence-electron chi connectivity index (χ4n) is 2.84. The molecule has 0 spiro atoms. The summed E-state index contributed by atoms with van der Waals surface area (Å²) in [7, 11) is 1.48. The summed E-state index contributed by atoms with van der Waals surface area (Å²) in [5, 5.41) is 20.3. The monoisotopic (exact) mass is 402 g/mol. The van der Waals surface area contributed by atoms with Crippen LogP contribution < -0.4 is 4.74 Å². The Morgan fingerprint density at radius 2 is 1.90 bits per heavy atom. The SMILES string of the molecule is COc1ccc([N+](=O)[O-])c(CN(CCCCCO)C(=O)OCc2ccccc2)c1. The van der Waals surface area contributed by atoms with Gasteiger partial charge in [0.15, 0.2) is 0 Å². The molecule has 2 aromatic rings. The van der Waals surface area contributed by atoms with Crippen LogP contribution in [0, 0.1) is 10.1 Å². The lowest BCUT2D eigenvalue weighted by Gasteiger charge is -2.22. The lowest BCUT2D eigenvalue weighted by molar-refractivity contribution is -0.385. The van der Waals surface area contributed by atoms with Crippen molar-refractivity contribution in [3.63, 3.8) is 0 Å². The molecule has 0 aliphatic rings. The van der Waals surface area contributed by atoms with Crippen LogP contribution in [0.5, 0.6) is 5.75 Å². The molecule has 0 aliphatic heterocycles. The Morgan fingerprint density at radius 3 is 2.55 bits per heavy atom. The van der Waals surface area contributed by atoms with Gasteiger partial charge in [-0.3, -0.25) is 10.1 Å². The first-order valence-corrected chi connectivity index (χ1v) is 9.43. The minimum absolute atomic E-state index is 0.0280. The highest BCUT2D eigenvalue weighted by atomic mass is 16.6. The lowest BCUT2D eigenvalue weighted by Crippen LogP contribution is -2.32. The van der Waals surface area contributed by atoms with Crippen molar-refractivity contribution < 1.29 is 24.3 Å². The zero-order chi connectivity index (χ0) is 21.1. The zero-order valence-electron chi connectivity index (χ0n) is 16.5. The summed E-state index contributed by atoms with van der Waals surface area (Å²) in [6, 6.07) is 13.7. The largest absolute Gasteiger partial charge is 0.497 e. The van der Waals surface area contributed by atoms with Crippen molar-refractivity contribution in [2.24, 2.45) is 0 Å². The number of nitro groups is 1. The number of carbonyl (C=O) groups is 1. The van der Waals surface area contributed by atoms with Crippen molar-refractivity contribution in [3.05, 3.63) is 69.8 Å². The van der Waals surface area contributed by atoms with Crippen LogP contribution in [0.1, 0.15) is 30.4 Å². The Kier molecular flexibility index (Phi) is 8.91. The Morgan fingerprint density at radius 1 is 1.14 bits per heavy atom. The van der Waals surface area contributed by atoms with Crippen LogP contribution in [0.25, 0.3) is 0 Å². The molecule has 8 heteroatoms. The molecule has 0 radical (unpaired) electrons. The Bertz CT molecular complexity index is 797. The third-order valence-electron chi connectivity index (χ3n) is 4.39. The van der Waals surface area contributed by atoms with E-state index in [0.717, 1.165) is 12.0 Å². The van der Waals surface area contributed by atoms with Gasteiger partial charge in [0.05, 0.1) is 24.1 Å². The first-order chi connectivity index (χ1) is 14.0. The summed E-state index contributed by atoms with van der Waals surface area (Å²) in [5.41, 5.74) is 1.14. The van der Waals surface area contributed by atoms with Gasteiger partial charge in [-0.2, -0.15) is 0 Å². The molecule has 0 unspecified atom stereocenters. The molecule has 0 atom stereocenters. The number of hydrogen-bond acceptors (Lipinski definition) is 6. The summed E-state index contributed by atoms with van der Waals surface area (Å²) in [6.07, 6.45) is 1.47.